The number of ether oxygens (including phenoxy) is 1. The van der Waals surface area contributed by atoms with E-state index >= 15 is 0 Å². The van der Waals surface area contributed by atoms with Gasteiger partial charge in [0.2, 0.25) is 0 Å². The number of rotatable bonds is 10. The van der Waals surface area contributed by atoms with Crippen molar-refractivity contribution in [3.05, 3.63) is 52.5 Å². The maximum atomic E-state index is 13.5. The summed E-state index contributed by atoms with van der Waals surface area (Å²) in [6.45, 7) is 3.95. The predicted octanol–water partition coefficient (Wildman–Crippen LogP) is 6.71. The van der Waals surface area contributed by atoms with Crippen LogP contribution < -0.4 is 9.57 Å². The molecule has 0 aliphatic carbocycles. The summed E-state index contributed by atoms with van der Waals surface area (Å²) in [6, 6.07) is 7.89. The molecule has 0 bridgehead atoms. The van der Waals surface area contributed by atoms with Crippen LogP contribution in [0.5, 0.6) is 11.5 Å². The van der Waals surface area contributed by atoms with E-state index in [0.29, 0.717) is 41.5 Å². The Morgan fingerprint density at radius 2 is 2.06 bits per heavy atom. The number of hydrogen-bond acceptors (Lipinski definition) is 5. The van der Waals surface area contributed by atoms with Gasteiger partial charge in [-0.1, -0.05) is 24.6 Å². The lowest BCUT2D eigenvalue weighted by Gasteiger charge is -2.24. The van der Waals surface area contributed by atoms with E-state index in [0.717, 1.165) is 9.96 Å². The number of halogens is 4. The second-order valence-corrected chi connectivity index (χ2v) is 9.22. The molecule has 5 nitrogen and oxygen atoms in total. The summed E-state index contributed by atoms with van der Waals surface area (Å²) in [4.78, 5) is 17.4. The summed E-state index contributed by atoms with van der Waals surface area (Å²) < 4.78 is 46.1. The van der Waals surface area contributed by atoms with Crippen molar-refractivity contribution in [3.63, 3.8) is 0 Å². The summed E-state index contributed by atoms with van der Waals surface area (Å²) >= 11 is 7.80. The van der Waals surface area contributed by atoms with Crippen LogP contribution in [0.1, 0.15) is 49.8 Å². The highest BCUT2D eigenvalue weighted by atomic mass is 35.5. The number of hydrogen-bond donors (Lipinski definition) is 1. The third-order valence-corrected chi connectivity index (χ3v) is 6.76. The van der Waals surface area contributed by atoms with Gasteiger partial charge in [-0.2, -0.15) is 13.2 Å². The molecule has 3 rings (SSSR count). The molecule has 2 atom stereocenters. The van der Waals surface area contributed by atoms with Gasteiger partial charge in [-0.05, 0) is 49.6 Å². The van der Waals surface area contributed by atoms with E-state index in [1.807, 2.05) is 0 Å². The standard InChI is InChI=1S/C23H25ClF3NO4S/c1-3-9-28-21(23(25,26)27)17-7-6-16(13-19(17)32-28)31-10-4-11-33-20-8-5-15(12-18(20)24)14(2)22(29)30/h5-8,12-14,21H,3-4,9-11H2,1-2H3,(H,29,30). The third kappa shape index (κ3) is 6.28. The molecule has 10 heteroatoms. The van der Waals surface area contributed by atoms with Crippen molar-refractivity contribution >= 4 is 29.3 Å². The molecule has 0 saturated carbocycles. The van der Waals surface area contributed by atoms with Crippen LogP contribution in [-0.4, -0.2) is 41.2 Å². The van der Waals surface area contributed by atoms with Gasteiger partial charge in [0.15, 0.2) is 11.8 Å². The van der Waals surface area contributed by atoms with Crippen molar-refractivity contribution in [2.24, 2.45) is 0 Å². The largest absolute Gasteiger partial charge is 0.493 e. The normalized spacial score (nSPS) is 16.8. The van der Waals surface area contributed by atoms with Crippen LogP contribution >= 0.6 is 23.4 Å². The Labute approximate surface area is 199 Å². The van der Waals surface area contributed by atoms with E-state index in [1.54, 1.807) is 32.0 Å². The van der Waals surface area contributed by atoms with Gasteiger partial charge >= 0.3 is 12.1 Å². The molecule has 1 N–H and O–H groups in total. The lowest BCUT2D eigenvalue weighted by Crippen LogP contribution is -2.36. The zero-order chi connectivity index (χ0) is 24.2. The Balaban J connectivity index is 1.51. The van der Waals surface area contributed by atoms with Gasteiger partial charge in [-0.15, -0.1) is 16.8 Å². The summed E-state index contributed by atoms with van der Waals surface area (Å²) in [7, 11) is 0. The summed E-state index contributed by atoms with van der Waals surface area (Å²) in [5.41, 5.74) is 0.735. The van der Waals surface area contributed by atoms with Gasteiger partial charge < -0.3 is 14.7 Å². The van der Waals surface area contributed by atoms with Crippen LogP contribution in [0.4, 0.5) is 13.2 Å². The van der Waals surface area contributed by atoms with Gasteiger partial charge in [-0.3, -0.25) is 4.79 Å². The molecule has 0 fully saturated rings. The van der Waals surface area contributed by atoms with E-state index in [9.17, 15) is 18.0 Å². The Kier molecular flexibility index (Phi) is 8.42. The van der Waals surface area contributed by atoms with Crippen molar-refractivity contribution in [1.29, 1.82) is 0 Å². The molecule has 2 unspecified atom stereocenters. The van der Waals surface area contributed by atoms with Crippen molar-refractivity contribution in [3.8, 4) is 11.5 Å². The third-order valence-electron chi connectivity index (χ3n) is 5.18. The highest BCUT2D eigenvalue weighted by Gasteiger charge is 2.50. The first-order valence-electron chi connectivity index (χ1n) is 10.5. The monoisotopic (exact) mass is 503 g/mol. The number of carboxylic acids is 1. The molecule has 0 radical (unpaired) electrons. The van der Waals surface area contributed by atoms with Crippen molar-refractivity contribution in [2.45, 2.75) is 49.7 Å². The summed E-state index contributed by atoms with van der Waals surface area (Å²) in [5, 5.41) is 10.6. The van der Waals surface area contributed by atoms with Crippen LogP contribution in [0.25, 0.3) is 0 Å². The van der Waals surface area contributed by atoms with Crippen molar-refractivity contribution in [1.82, 2.24) is 5.06 Å². The minimum atomic E-state index is -4.43. The summed E-state index contributed by atoms with van der Waals surface area (Å²) in [6.07, 6.45) is -3.21. The number of benzene rings is 2. The van der Waals surface area contributed by atoms with E-state index in [1.165, 1.54) is 30.0 Å². The zero-order valence-electron chi connectivity index (χ0n) is 18.2. The number of fused-ring (bicyclic) bond motifs is 1. The Bertz CT molecular complexity index is 989. The lowest BCUT2D eigenvalue weighted by molar-refractivity contribution is -0.227. The maximum absolute atomic E-state index is 13.5. The van der Waals surface area contributed by atoms with Crippen molar-refractivity contribution < 1.29 is 32.6 Å². The second-order valence-electron chi connectivity index (χ2n) is 7.68. The van der Waals surface area contributed by atoms with Crippen LogP contribution in [-0.2, 0) is 4.79 Å². The average molecular weight is 504 g/mol. The second kappa shape index (κ2) is 10.9. The van der Waals surface area contributed by atoms with Gasteiger partial charge in [0.1, 0.15) is 5.75 Å². The maximum Gasteiger partial charge on any atom is 0.411 e. The number of alkyl halides is 3. The molecule has 1 aliphatic heterocycles. The molecule has 0 aromatic heterocycles. The van der Waals surface area contributed by atoms with E-state index in [-0.39, 0.29) is 17.9 Å². The fourth-order valence-electron chi connectivity index (χ4n) is 3.46. The molecular weight excluding hydrogens is 479 g/mol. The molecule has 2 aromatic rings. The van der Waals surface area contributed by atoms with E-state index < -0.39 is 24.1 Å². The molecule has 180 valence electrons. The van der Waals surface area contributed by atoms with Crippen LogP contribution in [0.2, 0.25) is 5.02 Å². The Hall–Kier alpha value is -2.10. The topological polar surface area (TPSA) is 59.0 Å². The highest BCUT2D eigenvalue weighted by Crippen LogP contribution is 2.47. The number of nitrogens with zero attached hydrogens (tertiary/aromatic N) is 1. The Morgan fingerprint density at radius 3 is 2.70 bits per heavy atom. The lowest BCUT2D eigenvalue weighted by atomic mass is 10.0. The van der Waals surface area contributed by atoms with Gasteiger partial charge in [0.25, 0.3) is 0 Å². The first-order chi connectivity index (χ1) is 15.6. The van der Waals surface area contributed by atoms with Crippen LogP contribution in [0.15, 0.2) is 41.3 Å². The fraction of sp³-hybridized carbons (Fsp3) is 0.435. The molecule has 0 amide bonds. The molecule has 1 aliphatic rings. The van der Waals surface area contributed by atoms with Gasteiger partial charge in [0.05, 0.1) is 17.5 Å². The first kappa shape index (κ1) is 25.5. The SMILES string of the molecule is CCCN1Oc2cc(OCCCSc3ccc(C(C)C(=O)O)cc3Cl)ccc2C1C(F)(F)F. The minimum Gasteiger partial charge on any atom is -0.493 e. The molecule has 2 aromatic carbocycles. The molecule has 33 heavy (non-hydrogen) atoms. The number of aliphatic carboxylic acids is 1. The molecular formula is C23H25ClF3NO4S. The van der Waals surface area contributed by atoms with Gasteiger partial charge in [-0.25, -0.2) is 0 Å². The Morgan fingerprint density at radius 1 is 1.30 bits per heavy atom. The predicted molar refractivity (Wildman–Crippen MR) is 121 cm³/mol. The van der Waals surface area contributed by atoms with E-state index in [4.69, 9.17) is 26.3 Å². The molecule has 1 heterocycles. The fourth-order valence-corrected chi connectivity index (χ4v) is 4.65. The van der Waals surface area contributed by atoms with Crippen LogP contribution in [0.3, 0.4) is 0 Å². The van der Waals surface area contributed by atoms with Crippen molar-refractivity contribution in [2.75, 3.05) is 18.9 Å². The average Bonchev–Trinajstić information content (AvgIpc) is 3.11. The molecule has 0 spiro atoms. The number of carbonyl (C=O) groups is 1. The van der Waals surface area contributed by atoms with E-state index in [2.05, 4.69) is 0 Å². The molecule has 0 saturated heterocycles. The number of thioether (sulfide) groups is 1. The highest BCUT2D eigenvalue weighted by molar-refractivity contribution is 7.99. The van der Waals surface area contributed by atoms with Gasteiger partial charge in [0, 0.05) is 28.8 Å². The van der Waals surface area contributed by atoms with Crippen LogP contribution in [0, 0.1) is 0 Å². The smallest absolute Gasteiger partial charge is 0.411 e. The number of hydroxylamine groups is 2. The minimum absolute atomic E-state index is 0.0918. The quantitative estimate of drug-likeness (QED) is 0.287. The number of carboxylic acid groups (broad SMARTS) is 1. The summed E-state index contributed by atoms with van der Waals surface area (Å²) in [5.74, 6) is -0.224. The first-order valence-corrected chi connectivity index (χ1v) is 11.9. The zero-order valence-corrected chi connectivity index (χ0v) is 19.8.